The minimum Gasteiger partial charge on any atom is -0.446 e. The number of halogens is 1. The second-order valence-corrected chi connectivity index (χ2v) is 3.35. The normalized spacial score (nSPS) is 9.57. The van der Waals surface area contributed by atoms with Gasteiger partial charge in [-0.15, -0.1) is 0 Å². The number of carbonyl (C=O) groups is 1. The zero-order valence-electron chi connectivity index (χ0n) is 7.71. The Morgan fingerprint density at radius 1 is 1.64 bits per heavy atom. The Bertz CT molecular complexity index is 363. The molecule has 0 bridgehead atoms. The predicted molar refractivity (Wildman–Crippen MR) is 58.7 cm³/mol. The highest BCUT2D eigenvalue weighted by Crippen LogP contribution is 2.20. The van der Waals surface area contributed by atoms with Crippen LogP contribution in [0.4, 0.5) is 0 Å². The number of ketones is 1. The zero-order chi connectivity index (χ0) is 10.6. The number of Topliss-reactive ketones (excluding diaryl/α,β-unsaturated/α-hetero) is 1. The summed E-state index contributed by atoms with van der Waals surface area (Å²) in [4.78, 5) is 11.5. The summed E-state index contributed by atoms with van der Waals surface area (Å²) < 4.78 is 4.91. The van der Waals surface area contributed by atoms with Crippen molar-refractivity contribution in [3.8, 4) is 5.75 Å². The van der Waals surface area contributed by atoms with Crippen molar-refractivity contribution >= 4 is 28.1 Å². The molecule has 0 heterocycles. The lowest BCUT2D eigenvalue weighted by Gasteiger charge is -2.06. The molecule has 0 spiro atoms. The van der Waals surface area contributed by atoms with Gasteiger partial charge in [0.15, 0.2) is 12.2 Å². The highest BCUT2D eigenvalue weighted by molar-refractivity contribution is 9.09. The van der Waals surface area contributed by atoms with Crippen molar-refractivity contribution in [2.24, 2.45) is 0 Å². The summed E-state index contributed by atoms with van der Waals surface area (Å²) in [6, 6.07) is 5.28. The van der Waals surface area contributed by atoms with Gasteiger partial charge in [0, 0.05) is 0 Å². The molecule has 0 aliphatic rings. The van der Waals surface area contributed by atoms with Gasteiger partial charge in [0.25, 0.3) is 0 Å². The van der Waals surface area contributed by atoms with Crippen molar-refractivity contribution in [1.29, 1.82) is 5.41 Å². The van der Waals surface area contributed by atoms with E-state index in [4.69, 9.17) is 10.1 Å². The molecular formula is C10H10BrNO2. The van der Waals surface area contributed by atoms with E-state index in [1.165, 1.54) is 0 Å². The molecule has 0 aromatic heterocycles. The maximum Gasteiger partial charge on any atom is 0.177 e. The molecular weight excluding hydrogens is 246 g/mol. The molecule has 0 unspecified atom stereocenters. The van der Waals surface area contributed by atoms with E-state index in [0.29, 0.717) is 11.3 Å². The summed E-state index contributed by atoms with van der Waals surface area (Å²) >= 11 is 3.10. The molecule has 0 amide bonds. The molecule has 0 atom stereocenters. The van der Waals surface area contributed by atoms with Crippen LogP contribution in [0.15, 0.2) is 18.2 Å². The third-order valence-electron chi connectivity index (χ3n) is 1.74. The topological polar surface area (TPSA) is 50.1 Å². The largest absolute Gasteiger partial charge is 0.446 e. The number of aryl methyl sites for hydroxylation is 1. The van der Waals surface area contributed by atoms with E-state index in [1.54, 1.807) is 12.1 Å². The van der Waals surface area contributed by atoms with Crippen LogP contribution < -0.4 is 4.74 Å². The van der Waals surface area contributed by atoms with E-state index >= 15 is 0 Å². The van der Waals surface area contributed by atoms with Gasteiger partial charge >= 0.3 is 0 Å². The summed E-state index contributed by atoms with van der Waals surface area (Å²) in [6.45, 7) is 1.90. The van der Waals surface area contributed by atoms with Gasteiger partial charge in [-0.3, -0.25) is 10.2 Å². The summed E-state index contributed by atoms with van der Waals surface area (Å²) in [5.41, 5.74) is 1.50. The lowest BCUT2D eigenvalue weighted by atomic mass is 10.1. The van der Waals surface area contributed by atoms with Gasteiger partial charge in [-0.2, -0.15) is 0 Å². The lowest BCUT2D eigenvalue weighted by Crippen LogP contribution is -2.04. The van der Waals surface area contributed by atoms with Crippen LogP contribution in [0.1, 0.15) is 15.9 Å². The van der Waals surface area contributed by atoms with Gasteiger partial charge in [-0.25, -0.2) is 0 Å². The van der Waals surface area contributed by atoms with Gasteiger partial charge in [-0.1, -0.05) is 27.6 Å². The molecule has 0 radical (unpaired) electrons. The third-order valence-corrected chi connectivity index (χ3v) is 2.25. The SMILES string of the molecule is Cc1ccc(OC=N)c(C(=O)CBr)c1. The Hall–Kier alpha value is -1.16. The van der Waals surface area contributed by atoms with E-state index in [9.17, 15) is 4.79 Å². The van der Waals surface area contributed by atoms with Crippen molar-refractivity contribution in [3.05, 3.63) is 29.3 Å². The Kier molecular flexibility index (Phi) is 3.83. The molecule has 0 saturated carbocycles. The predicted octanol–water partition coefficient (Wildman–Crippen LogP) is 2.56. The van der Waals surface area contributed by atoms with Gasteiger partial charge < -0.3 is 4.74 Å². The minimum atomic E-state index is -0.0504. The maximum absolute atomic E-state index is 11.5. The van der Waals surface area contributed by atoms with Gasteiger partial charge in [-0.05, 0) is 19.1 Å². The van der Waals surface area contributed by atoms with E-state index in [2.05, 4.69) is 15.9 Å². The second kappa shape index (κ2) is 4.91. The number of ether oxygens (including phenoxy) is 1. The first-order valence-electron chi connectivity index (χ1n) is 4.04. The van der Waals surface area contributed by atoms with E-state index in [0.717, 1.165) is 12.0 Å². The fourth-order valence-corrected chi connectivity index (χ4v) is 1.40. The number of rotatable bonds is 4. The molecule has 1 aromatic rings. The minimum absolute atomic E-state index is 0.0504. The molecule has 0 aliphatic heterocycles. The van der Waals surface area contributed by atoms with E-state index < -0.39 is 0 Å². The average Bonchev–Trinajstić information content (AvgIpc) is 2.20. The molecule has 1 N–H and O–H groups in total. The van der Waals surface area contributed by atoms with Crippen LogP contribution in [0.2, 0.25) is 0 Å². The second-order valence-electron chi connectivity index (χ2n) is 2.79. The van der Waals surface area contributed by atoms with Crippen molar-refractivity contribution in [3.63, 3.8) is 0 Å². The van der Waals surface area contributed by atoms with Gasteiger partial charge in [0.05, 0.1) is 10.9 Å². The molecule has 14 heavy (non-hydrogen) atoms. The Balaban J connectivity index is 3.14. The summed E-state index contributed by atoms with van der Waals surface area (Å²) in [6.07, 6.45) is 0.815. The summed E-state index contributed by atoms with van der Waals surface area (Å²) in [5.74, 6) is 0.376. The highest BCUT2D eigenvalue weighted by atomic mass is 79.9. The Labute approximate surface area is 90.7 Å². The Morgan fingerprint density at radius 3 is 2.93 bits per heavy atom. The van der Waals surface area contributed by atoms with Gasteiger partial charge in [0.1, 0.15) is 5.75 Å². The number of nitrogens with one attached hydrogen (secondary N) is 1. The number of alkyl halides is 1. The van der Waals surface area contributed by atoms with Crippen LogP contribution in [-0.2, 0) is 0 Å². The lowest BCUT2D eigenvalue weighted by molar-refractivity contribution is 0.102. The number of carbonyl (C=O) groups excluding carboxylic acids is 1. The fourth-order valence-electron chi connectivity index (χ4n) is 1.10. The van der Waals surface area contributed by atoms with Crippen molar-refractivity contribution in [2.45, 2.75) is 6.92 Å². The van der Waals surface area contributed by atoms with E-state index in [-0.39, 0.29) is 11.1 Å². The first kappa shape index (κ1) is 10.9. The fraction of sp³-hybridized carbons (Fsp3) is 0.200. The molecule has 3 nitrogen and oxygen atoms in total. The first-order valence-corrected chi connectivity index (χ1v) is 5.16. The van der Waals surface area contributed by atoms with Crippen molar-refractivity contribution < 1.29 is 9.53 Å². The van der Waals surface area contributed by atoms with Crippen LogP contribution >= 0.6 is 15.9 Å². The van der Waals surface area contributed by atoms with Crippen LogP contribution in [0.5, 0.6) is 5.75 Å². The summed E-state index contributed by atoms with van der Waals surface area (Å²) in [5, 5.41) is 7.07. The monoisotopic (exact) mass is 255 g/mol. The molecule has 0 saturated heterocycles. The third kappa shape index (κ3) is 2.42. The summed E-state index contributed by atoms with van der Waals surface area (Å²) in [7, 11) is 0. The molecule has 74 valence electrons. The molecule has 1 rings (SSSR count). The van der Waals surface area contributed by atoms with Crippen LogP contribution in [0.3, 0.4) is 0 Å². The number of hydrogen-bond donors (Lipinski definition) is 1. The van der Waals surface area contributed by atoms with Crippen LogP contribution in [-0.4, -0.2) is 17.5 Å². The first-order chi connectivity index (χ1) is 6.69. The standard InChI is InChI=1S/C10H10BrNO2/c1-7-2-3-10(14-6-12)8(4-7)9(13)5-11/h2-4,6,12H,5H2,1H3. The van der Waals surface area contributed by atoms with Crippen LogP contribution in [0, 0.1) is 12.3 Å². The van der Waals surface area contributed by atoms with Crippen molar-refractivity contribution in [2.75, 3.05) is 5.33 Å². The smallest absolute Gasteiger partial charge is 0.177 e. The molecule has 1 aromatic carbocycles. The molecule has 0 aliphatic carbocycles. The molecule has 4 heteroatoms. The maximum atomic E-state index is 11.5. The highest BCUT2D eigenvalue weighted by Gasteiger charge is 2.10. The quantitative estimate of drug-likeness (QED) is 0.389. The van der Waals surface area contributed by atoms with E-state index in [1.807, 2.05) is 13.0 Å². The Morgan fingerprint density at radius 2 is 2.36 bits per heavy atom. The van der Waals surface area contributed by atoms with Crippen molar-refractivity contribution in [1.82, 2.24) is 0 Å². The number of hydrogen-bond acceptors (Lipinski definition) is 3. The van der Waals surface area contributed by atoms with Gasteiger partial charge in [0.2, 0.25) is 0 Å². The number of benzene rings is 1. The average molecular weight is 256 g/mol. The van der Waals surface area contributed by atoms with Crippen LogP contribution in [0.25, 0.3) is 0 Å². The zero-order valence-corrected chi connectivity index (χ0v) is 9.30. The molecule has 0 fully saturated rings.